The minimum Gasteiger partial charge on any atom is -0.351 e. The standard InChI is InChI=1S/C25H28FN3O2S/c1-25(24(31)27-19-9-4-2-3-5-10-19)16-28-20-11-12-32-22(20)14-21(28)23(30)29(25)15-17-7-6-8-18(26)13-17/h6-8,11-14,19H,2-5,9-10,15-16H2,1H3,(H,27,31). The molecule has 0 spiro atoms. The van der Waals surface area contributed by atoms with Crippen LogP contribution in [0.25, 0.3) is 10.2 Å². The van der Waals surface area contributed by atoms with Gasteiger partial charge in [0, 0.05) is 12.6 Å². The molecule has 2 aromatic heterocycles. The lowest BCUT2D eigenvalue weighted by atomic mass is 9.93. The molecular weight excluding hydrogens is 425 g/mol. The fourth-order valence-corrected chi connectivity index (χ4v) is 5.93. The fraction of sp³-hybridized carbons (Fsp3) is 0.440. The Morgan fingerprint density at radius 2 is 1.97 bits per heavy atom. The Hall–Kier alpha value is -2.67. The molecule has 3 heterocycles. The molecule has 1 atom stereocenters. The quantitative estimate of drug-likeness (QED) is 0.559. The smallest absolute Gasteiger partial charge is 0.271 e. The average molecular weight is 454 g/mol. The second-order valence-electron chi connectivity index (χ2n) is 9.24. The van der Waals surface area contributed by atoms with Gasteiger partial charge in [-0.25, -0.2) is 4.39 Å². The van der Waals surface area contributed by atoms with Crippen molar-refractivity contribution in [1.82, 2.24) is 14.8 Å². The number of fused-ring (bicyclic) bond motifs is 3. The van der Waals surface area contributed by atoms with Crippen LogP contribution in [-0.4, -0.2) is 32.9 Å². The predicted octanol–water partition coefficient (Wildman–Crippen LogP) is 5.10. The van der Waals surface area contributed by atoms with Crippen LogP contribution in [0, 0.1) is 5.82 Å². The van der Waals surface area contributed by atoms with Gasteiger partial charge in [-0.1, -0.05) is 37.8 Å². The van der Waals surface area contributed by atoms with Gasteiger partial charge in [0.2, 0.25) is 5.91 Å². The van der Waals surface area contributed by atoms with Crippen LogP contribution in [0.5, 0.6) is 0 Å². The topological polar surface area (TPSA) is 54.3 Å². The van der Waals surface area contributed by atoms with Gasteiger partial charge in [-0.2, -0.15) is 0 Å². The number of amides is 2. The number of hydrogen-bond acceptors (Lipinski definition) is 3. The number of nitrogens with one attached hydrogen (secondary N) is 1. The number of carbonyl (C=O) groups is 2. The molecule has 32 heavy (non-hydrogen) atoms. The summed E-state index contributed by atoms with van der Waals surface area (Å²) in [4.78, 5) is 29.0. The molecule has 5 rings (SSSR count). The lowest BCUT2D eigenvalue weighted by Gasteiger charge is -2.44. The Morgan fingerprint density at radius 1 is 1.19 bits per heavy atom. The lowest BCUT2D eigenvalue weighted by Crippen LogP contribution is -2.64. The van der Waals surface area contributed by atoms with Gasteiger partial charge in [0.15, 0.2) is 0 Å². The molecule has 1 unspecified atom stereocenters. The first-order chi connectivity index (χ1) is 15.5. The molecule has 2 amide bonds. The zero-order chi connectivity index (χ0) is 22.3. The monoisotopic (exact) mass is 453 g/mol. The maximum Gasteiger partial charge on any atom is 0.271 e. The van der Waals surface area contributed by atoms with Crippen molar-refractivity contribution in [2.75, 3.05) is 0 Å². The van der Waals surface area contributed by atoms with Crippen molar-refractivity contribution in [1.29, 1.82) is 0 Å². The zero-order valence-electron chi connectivity index (χ0n) is 18.3. The van der Waals surface area contributed by atoms with E-state index in [1.165, 1.54) is 25.0 Å². The molecule has 1 N–H and O–H groups in total. The normalized spacial score (nSPS) is 22.1. The Bertz CT molecular complexity index is 1160. The van der Waals surface area contributed by atoms with Gasteiger partial charge in [0.05, 0.1) is 16.8 Å². The Balaban J connectivity index is 1.52. The van der Waals surface area contributed by atoms with Crippen molar-refractivity contribution in [2.45, 2.75) is 70.1 Å². The molecule has 1 aliphatic heterocycles. The molecule has 1 fully saturated rings. The average Bonchev–Trinajstić information content (AvgIpc) is 3.26. The van der Waals surface area contributed by atoms with Crippen molar-refractivity contribution < 1.29 is 14.0 Å². The van der Waals surface area contributed by atoms with E-state index in [4.69, 9.17) is 0 Å². The largest absolute Gasteiger partial charge is 0.351 e. The summed E-state index contributed by atoms with van der Waals surface area (Å²) in [6.45, 7) is 2.41. The maximum absolute atomic E-state index is 13.9. The number of benzene rings is 1. The first kappa shape index (κ1) is 21.2. The van der Waals surface area contributed by atoms with Gasteiger partial charge in [-0.15, -0.1) is 11.3 Å². The molecule has 0 saturated heterocycles. The highest BCUT2D eigenvalue weighted by molar-refractivity contribution is 7.17. The summed E-state index contributed by atoms with van der Waals surface area (Å²) in [7, 11) is 0. The summed E-state index contributed by atoms with van der Waals surface area (Å²) >= 11 is 1.59. The molecule has 3 aromatic rings. The van der Waals surface area contributed by atoms with E-state index in [1.54, 1.807) is 28.4 Å². The Kier molecular flexibility index (Phi) is 5.53. The minimum absolute atomic E-state index is 0.128. The number of nitrogens with zero attached hydrogens (tertiary/aromatic N) is 2. The van der Waals surface area contributed by atoms with Crippen molar-refractivity contribution in [3.05, 3.63) is 58.9 Å². The summed E-state index contributed by atoms with van der Waals surface area (Å²) in [5, 5.41) is 5.27. The Morgan fingerprint density at radius 3 is 2.72 bits per heavy atom. The second kappa shape index (κ2) is 8.35. The lowest BCUT2D eigenvalue weighted by molar-refractivity contribution is -0.134. The fourth-order valence-electron chi connectivity index (χ4n) is 5.10. The predicted molar refractivity (Wildman–Crippen MR) is 124 cm³/mol. The van der Waals surface area contributed by atoms with E-state index in [0.717, 1.165) is 35.9 Å². The van der Waals surface area contributed by atoms with Gasteiger partial charge in [0.25, 0.3) is 5.91 Å². The molecule has 7 heteroatoms. The van der Waals surface area contributed by atoms with Crippen LogP contribution < -0.4 is 5.32 Å². The minimum atomic E-state index is -1.07. The van der Waals surface area contributed by atoms with Gasteiger partial charge >= 0.3 is 0 Å². The van der Waals surface area contributed by atoms with Gasteiger partial charge in [-0.3, -0.25) is 9.59 Å². The van der Waals surface area contributed by atoms with Crippen LogP contribution in [0.3, 0.4) is 0 Å². The van der Waals surface area contributed by atoms with Crippen LogP contribution in [0.2, 0.25) is 0 Å². The third-order valence-electron chi connectivity index (χ3n) is 6.96. The van der Waals surface area contributed by atoms with E-state index in [2.05, 4.69) is 5.32 Å². The molecule has 1 aromatic carbocycles. The third-order valence-corrected chi connectivity index (χ3v) is 7.81. The maximum atomic E-state index is 13.9. The molecule has 1 saturated carbocycles. The summed E-state index contributed by atoms with van der Waals surface area (Å²) in [5.74, 6) is -0.667. The van der Waals surface area contributed by atoms with E-state index < -0.39 is 5.54 Å². The highest BCUT2D eigenvalue weighted by atomic mass is 32.1. The molecule has 0 bridgehead atoms. The first-order valence-corrected chi connectivity index (χ1v) is 12.3. The van der Waals surface area contributed by atoms with E-state index >= 15 is 0 Å². The van der Waals surface area contributed by atoms with Crippen molar-refractivity contribution >= 4 is 33.4 Å². The molecule has 2 aliphatic rings. The van der Waals surface area contributed by atoms with Gasteiger partial charge < -0.3 is 14.8 Å². The van der Waals surface area contributed by atoms with E-state index in [1.807, 2.05) is 29.0 Å². The number of halogens is 1. The van der Waals surface area contributed by atoms with Gasteiger partial charge in [-0.05, 0) is 55.0 Å². The molecule has 1 aliphatic carbocycles. The third kappa shape index (κ3) is 3.72. The van der Waals surface area contributed by atoms with Crippen LogP contribution in [0.1, 0.15) is 61.5 Å². The van der Waals surface area contributed by atoms with Gasteiger partial charge in [0.1, 0.15) is 17.1 Å². The summed E-state index contributed by atoms with van der Waals surface area (Å²) in [6, 6.07) is 10.3. The highest BCUT2D eigenvalue weighted by Gasteiger charge is 2.48. The molecule has 168 valence electrons. The Labute approximate surface area is 191 Å². The number of rotatable bonds is 4. The number of hydrogen-bond donors (Lipinski definition) is 1. The molecule has 0 radical (unpaired) electrons. The van der Waals surface area contributed by atoms with Crippen LogP contribution >= 0.6 is 11.3 Å². The van der Waals surface area contributed by atoms with E-state index in [-0.39, 0.29) is 30.2 Å². The molecule has 5 nitrogen and oxygen atoms in total. The van der Waals surface area contributed by atoms with Crippen LogP contribution in [0.15, 0.2) is 41.8 Å². The molecular formula is C25H28FN3O2S. The zero-order valence-corrected chi connectivity index (χ0v) is 19.1. The number of carbonyl (C=O) groups excluding carboxylic acids is 2. The van der Waals surface area contributed by atoms with Crippen molar-refractivity contribution in [3.8, 4) is 0 Å². The highest BCUT2D eigenvalue weighted by Crippen LogP contribution is 2.35. The van der Waals surface area contributed by atoms with Crippen molar-refractivity contribution in [3.63, 3.8) is 0 Å². The number of aromatic nitrogens is 1. The van der Waals surface area contributed by atoms with Crippen LogP contribution in [0.4, 0.5) is 4.39 Å². The van der Waals surface area contributed by atoms with Crippen molar-refractivity contribution in [2.24, 2.45) is 0 Å². The first-order valence-electron chi connectivity index (χ1n) is 11.4. The SMILES string of the molecule is CC1(C(=O)NC2CCCCCC2)Cn2c(cc3sccc32)C(=O)N1Cc1cccc(F)c1. The van der Waals surface area contributed by atoms with Crippen LogP contribution in [-0.2, 0) is 17.9 Å². The van der Waals surface area contributed by atoms with E-state index in [0.29, 0.717) is 17.8 Å². The number of thiophene rings is 1. The summed E-state index contributed by atoms with van der Waals surface area (Å²) < 4.78 is 16.9. The second-order valence-corrected chi connectivity index (χ2v) is 10.2. The van der Waals surface area contributed by atoms with E-state index in [9.17, 15) is 14.0 Å². The summed E-state index contributed by atoms with van der Waals surface area (Å²) in [5.41, 5.74) is 1.17. The summed E-state index contributed by atoms with van der Waals surface area (Å²) in [6.07, 6.45) is 6.59.